The number of ether oxygens (including phenoxy) is 1. The van der Waals surface area contributed by atoms with Gasteiger partial charge in [-0.15, -0.1) is 24.0 Å². The van der Waals surface area contributed by atoms with Crippen LogP contribution in [0.3, 0.4) is 0 Å². The third-order valence-electron chi connectivity index (χ3n) is 5.12. The molecule has 1 fully saturated rings. The van der Waals surface area contributed by atoms with Gasteiger partial charge in [0.1, 0.15) is 11.9 Å². The second-order valence-corrected chi connectivity index (χ2v) is 7.96. The lowest BCUT2D eigenvalue weighted by Crippen LogP contribution is -2.48. The van der Waals surface area contributed by atoms with Crippen LogP contribution < -0.4 is 5.32 Å². The van der Waals surface area contributed by atoms with Crippen molar-refractivity contribution >= 4 is 29.9 Å². The van der Waals surface area contributed by atoms with Crippen LogP contribution in [0.15, 0.2) is 35.6 Å². The van der Waals surface area contributed by atoms with E-state index >= 15 is 0 Å². The maximum absolute atomic E-state index is 6.08. The number of halogens is 1. The molecule has 1 unspecified atom stereocenters. The molecule has 0 bridgehead atoms. The van der Waals surface area contributed by atoms with Crippen molar-refractivity contribution in [2.75, 3.05) is 26.7 Å². The Kier molecular flexibility index (Phi) is 8.95. The number of benzene rings is 1. The number of nitrogens with one attached hydrogen (secondary N) is 1. The lowest BCUT2D eigenvalue weighted by Gasteiger charge is -2.35. The molecule has 1 aliphatic rings. The van der Waals surface area contributed by atoms with E-state index in [-0.39, 0.29) is 30.1 Å². The average Bonchev–Trinajstić information content (AvgIpc) is 3.09. The van der Waals surface area contributed by atoms with E-state index in [1.807, 2.05) is 19.4 Å². The molecule has 0 radical (unpaired) electrons. The molecule has 0 amide bonds. The second-order valence-electron chi connectivity index (χ2n) is 7.96. The Morgan fingerprint density at radius 2 is 2.14 bits per heavy atom. The zero-order valence-corrected chi connectivity index (χ0v) is 20.5. The Morgan fingerprint density at radius 1 is 1.34 bits per heavy atom. The standard InChI is InChI=1S/C22H33N5O.HI/c1-16(2)14-26-9-8-24-21(26)13-25-22(23-5)27-10-11-28-20(15-27)19-7-6-17(3)12-18(19)4;/h6-9,12,16,20H,10-11,13-15H2,1-5H3,(H,23,25);1H. The van der Waals surface area contributed by atoms with Crippen LogP contribution in [-0.4, -0.2) is 47.2 Å². The van der Waals surface area contributed by atoms with E-state index in [4.69, 9.17) is 4.74 Å². The Bertz CT molecular complexity index is 817. The van der Waals surface area contributed by atoms with Gasteiger partial charge in [-0.3, -0.25) is 4.99 Å². The van der Waals surface area contributed by atoms with Gasteiger partial charge in [-0.2, -0.15) is 0 Å². The molecule has 2 aromatic rings. The molecular formula is C22H34IN5O. The fourth-order valence-corrected chi connectivity index (χ4v) is 3.77. The lowest BCUT2D eigenvalue weighted by molar-refractivity contribution is -0.00836. The lowest BCUT2D eigenvalue weighted by atomic mass is 10.00. The molecule has 1 atom stereocenters. The number of imidazole rings is 1. The number of hydrogen-bond donors (Lipinski definition) is 1. The van der Waals surface area contributed by atoms with Gasteiger partial charge in [-0.1, -0.05) is 37.6 Å². The van der Waals surface area contributed by atoms with Crippen LogP contribution in [0.2, 0.25) is 0 Å². The van der Waals surface area contributed by atoms with Crippen LogP contribution in [-0.2, 0) is 17.8 Å². The largest absolute Gasteiger partial charge is 0.370 e. The third-order valence-corrected chi connectivity index (χ3v) is 5.12. The van der Waals surface area contributed by atoms with E-state index in [0.29, 0.717) is 19.1 Å². The van der Waals surface area contributed by atoms with Crippen LogP contribution in [0.4, 0.5) is 0 Å². The highest BCUT2D eigenvalue weighted by molar-refractivity contribution is 14.0. The minimum atomic E-state index is 0. The summed E-state index contributed by atoms with van der Waals surface area (Å²) in [5.41, 5.74) is 3.83. The minimum absolute atomic E-state index is 0. The molecular weight excluding hydrogens is 477 g/mol. The summed E-state index contributed by atoms with van der Waals surface area (Å²) in [6.45, 7) is 12.7. The molecule has 2 heterocycles. The molecule has 0 aliphatic carbocycles. The summed E-state index contributed by atoms with van der Waals surface area (Å²) in [4.78, 5) is 11.3. The number of aliphatic imine (C=N–C) groups is 1. The predicted octanol–water partition coefficient (Wildman–Crippen LogP) is 3.92. The molecule has 7 heteroatoms. The van der Waals surface area contributed by atoms with Crippen molar-refractivity contribution in [2.45, 2.75) is 46.9 Å². The zero-order valence-electron chi connectivity index (χ0n) is 18.2. The number of hydrogen-bond acceptors (Lipinski definition) is 3. The Labute approximate surface area is 191 Å². The van der Waals surface area contributed by atoms with Crippen molar-refractivity contribution in [3.63, 3.8) is 0 Å². The first-order valence-electron chi connectivity index (χ1n) is 10.1. The van der Waals surface area contributed by atoms with Crippen molar-refractivity contribution in [3.8, 4) is 0 Å². The zero-order chi connectivity index (χ0) is 20.1. The number of aromatic nitrogens is 2. The molecule has 6 nitrogen and oxygen atoms in total. The Hall–Kier alpha value is -1.61. The van der Waals surface area contributed by atoms with Crippen LogP contribution >= 0.6 is 24.0 Å². The number of aryl methyl sites for hydroxylation is 2. The molecule has 160 valence electrons. The molecule has 1 N–H and O–H groups in total. The van der Waals surface area contributed by atoms with Crippen LogP contribution in [0.1, 0.15) is 42.5 Å². The first-order chi connectivity index (χ1) is 13.5. The molecule has 1 saturated heterocycles. The van der Waals surface area contributed by atoms with Crippen molar-refractivity contribution in [1.29, 1.82) is 0 Å². The van der Waals surface area contributed by atoms with Gasteiger partial charge in [-0.05, 0) is 30.9 Å². The maximum atomic E-state index is 6.08. The summed E-state index contributed by atoms with van der Waals surface area (Å²) in [6, 6.07) is 6.57. The van der Waals surface area contributed by atoms with Crippen LogP contribution in [0.25, 0.3) is 0 Å². The molecule has 0 spiro atoms. The maximum Gasteiger partial charge on any atom is 0.194 e. The fourth-order valence-electron chi connectivity index (χ4n) is 3.77. The summed E-state index contributed by atoms with van der Waals surface area (Å²) in [6.07, 6.45) is 3.98. The van der Waals surface area contributed by atoms with Gasteiger partial charge >= 0.3 is 0 Å². The van der Waals surface area contributed by atoms with Crippen LogP contribution in [0.5, 0.6) is 0 Å². The molecule has 1 aliphatic heterocycles. The molecule has 0 saturated carbocycles. The highest BCUT2D eigenvalue weighted by Gasteiger charge is 2.25. The second kappa shape index (κ2) is 11.0. The highest BCUT2D eigenvalue weighted by Crippen LogP contribution is 2.26. The normalized spacial score (nSPS) is 17.4. The minimum Gasteiger partial charge on any atom is -0.370 e. The fraction of sp³-hybridized carbons (Fsp3) is 0.545. The third kappa shape index (κ3) is 6.18. The molecule has 29 heavy (non-hydrogen) atoms. The van der Waals surface area contributed by atoms with E-state index in [1.165, 1.54) is 16.7 Å². The van der Waals surface area contributed by atoms with Crippen LogP contribution in [0, 0.1) is 19.8 Å². The van der Waals surface area contributed by atoms with Gasteiger partial charge in [-0.25, -0.2) is 4.98 Å². The predicted molar refractivity (Wildman–Crippen MR) is 129 cm³/mol. The quantitative estimate of drug-likeness (QED) is 0.376. The Balaban J connectivity index is 0.00000300. The van der Waals surface area contributed by atoms with E-state index in [0.717, 1.165) is 31.4 Å². The number of nitrogens with zero attached hydrogens (tertiary/aromatic N) is 4. The Morgan fingerprint density at radius 3 is 2.83 bits per heavy atom. The van der Waals surface area contributed by atoms with Crippen molar-refractivity contribution in [3.05, 3.63) is 53.1 Å². The summed E-state index contributed by atoms with van der Waals surface area (Å²) in [5, 5.41) is 3.49. The van der Waals surface area contributed by atoms with E-state index in [1.54, 1.807) is 0 Å². The van der Waals surface area contributed by atoms with Crippen molar-refractivity contribution in [2.24, 2.45) is 10.9 Å². The van der Waals surface area contributed by atoms with Crippen molar-refractivity contribution < 1.29 is 4.74 Å². The summed E-state index contributed by atoms with van der Waals surface area (Å²) >= 11 is 0. The average molecular weight is 511 g/mol. The van der Waals surface area contributed by atoms with Gasteiger partial charge < -0.3 is 19.5 Å². The molecule has 1 aromatic heterocycles. The van der Waals surface area contributed by atoms with Gasteiger partial charge in [0.2, 0.25) is 0 Å². The summed E-state index contributed by atoms with van der Waals surface area (Å²) in [5.74, 6) is 2.52. The SMILES string of the molecule is CN=C(NCc1nccn1CC(C)C)N1CCOC(c2ccc(C)cc2C)C1.I. The van der Waals surface area contributed by atoms with E-state index < -0.39 is 0 Å². The summed E-state index contributed by atoms with van der Waals surface area (Å²) < 4.78 is 8.29. The number of guanidine groups is 1. The van der Waals surface area contributed by atoms with Gasteiger partial charge in [0, 0.05) is 32.5 Å². The smallest absolute Gasteiger partial charge is 0.194 e. The van der Waals surface area contributed by atoms with E-state index in [2.05, 4.69) is 70.7 Å². The van der Waals surface area contributed by atoms with Gasteiger partial charge in [0.25, 0.3) is 0 Å². The molecule has 1 aromatic carbocycles. The highest BCUT2D eigenvalue weighted by atomic mass is 127. The summed E-state index contributed by atoms with van der Waals surface area (Å²) in [7, 11) is 1.84. The first kappa shape index (κ1) is 23.7. The van der Waals surface area contributed by atoms with Crippen molar-refractivity contribution in [1.82, 2.24) is 19.8 Å². The molecule has 3 rings (SSSR count). The topological polar surface area (TPSA) is 54.7 Å². The number of rotatable bonds is 5. The van der Waals surface area contributed by atoms with Gasteiger partial charge in [0.15, 0.2) is 5.96 Å². The van der Waals surface area contributed by atoms with E-state index in [9.17, 15) is 0 Å². The monoisotopic (exact) mass is 511 g/mol. The number of morpholine rings is 1. The van der Waals surface area contributed by atoms with Gasteiger partial charge in [0.05, 0.1) is 19.7 Å². The first-order valence-corrected chi connectivity index (χ1v) is 10.1.